The fraction of sp³-hybridized carbons (Fsp3) is 0.929. The highest BCUT2D eigenvalue weighted by molar-refractivity contribution is 5.81. The van der Waals surface area contributed by atoms with Crippen molar-refractivity contribution >= 4 is 5.78 Å². The molecule has 0 bridgehead atoms. The highest BCUT2D eigenvalue weighted by atomic mass is 16.5. The van der Waals surface area contributed by atoms with Crippen LogP contribution in [-0.2, 0) is 9.53 Å². The van der Waals surface area contributed by atoms with E-state index in [2.05, 4.69) is 20.8 Å². The molecule has 1 unspecified atom stereocenters. The Morgan fingerprint density at radius 2 is 2.06 bits per heavy atom. The summed E-state index contributed by atoms with van der Waals surface area (Å²) in [6, 6.07) is 0. The summed E-state index contributed by atoms with van der Waals surface area (Å²) in [6.45, 7) is 7.22. The van der Waals surface area contributed by atoms with Crippen LogP contribution in [0.25, 0.3) is 0 Å². The summed E-state index contributed by atoms with van der Waals surface area (Å²) < 4.78 is 5.86. The Bertz CT molecular complexity index is 271. The van der Waals surface area contributed by atoms with Gasteiger partial charge in [-0.15, -0.1) is 0 Å². The van der Waals surface area contributed by atoms with Crippen LogP contribution in [-0.4, -0.2) is 18.0 Å². The second-order valence-electron chi connectivity index (χ2n) is 6.78. The van der Waals surface area contributed by atoms with Gasteiger partial charge in [0.05, 0.1) is 5.60 Å². The Morgan fingerprint density at radius 1 is 1.38 bits per heavy atom. The number of carbonyl (C=O) groups excluding carboxylic acids is 1. The van der Waals surface area contributed by atoms with Gasteiger partial charge in [-0.2, -0.15) is 0 Å². The fourth-order valence-corrected chi connectivity index (χ4v) is 2.89. The Hall–Kier alpha value is -0.370. The first-order valence-electron chi connectivity index (χ1n) is 6.57. The van der Waals surface area contributed by atoms with Crippen molar-refractivity contribution < 1.29 is 9.53 Å². The molecule has 1 saturated carbocycles. The van der Waals surface area contributed by atoms with E-state index in [1.54, 1.807) is 0 Å². The van der Waals surface area contributed by atoms with E-state index in [0.29, 0.717) is 12.2 Å². The summed E-state index contributed by atoms with van der Waals surface area (Å²) in [5, 5.41) is 0. The topological polar surface area (TPSA) is 26.3 Å². The highest BCUT2D eigenvalue weighted by Crippen LogP contribution is 2.45. The van der Waals surface area contributed by atoms with Crippen LogP contribution >= 0.6 is 0 Å². The van der Waals surface area contributed by atoms with E-state index in [1.807, 2.05) is 0 Å². The van der Waals surface area contributed by atoms with Crippen LogP contribution in [0.1, 0.15) is 59.3 Å². The lowest BCUT2D eigenvalue weighted by Crippen LogP contribution is -2.47. The predicted octanol–water partition coefficient (Wildman–Crippen LogP) is 3.34. The molecule has 0 aromatic carbocycles. The molecule has 1 spiro atoms. The minimum absolute atomic E-state index is 0.108. The molecule has 2 fully saturated rings. The molecule has 1 heterocycles. The average Bonchev–Trinajstić information content (AvgIpc) is 2.13. The average molecular weight is 224 g/mol. The molecule has 1 saturated heterocycles. The van der Waals surface area contributed by atoms with Gasteiger partial charge in [0.15, 0.2) is 0 Å². The first-order chi connectivity index (χ1) is 7.40. The normalized spacial score (nSPS) is 28.8. The maximum atomic E-state index is 12.2. The third kappa shape index (κ3) is 2.65. The molecule has 1 aliphatic heterocycles. The zero-order valence-corrected chi connectivity index (χ0v) is 10.8. The molecule has 0 N–H and O–H groups in total. The number of carbonyl (C=O) groups is 1. The van der Waals surface area contributed by atoms with Crippen LogP contribution in [0.15, 0.2) is 0 Å². The molecular formula is C14H24O2. The number of ether oxygens (including phenoxy) is 1. The van der Waals surface area contributed by atoms with Crippen LogP contribution in [0.4, 0.5) is 0 Å². The molecule has 0 radical (unpaired) electrons. The van der Waals surface area contributed by atoms with Gasteiger partial charge < -0.3 is 4.74 Å². The first kappa shape index (κ1) is 12.1. The van der Waals surface area contributed by atoms with Crippen LogP contribution in [0.2, 0.25) is 0 Å². The summed E-state index contributed by atoms with van der Waals surface area (Å²) >= 11 is 0. The number of Topliss-reactive ketones (excluding diaryl/α,β-unsaturated/α-hetero) is 1. The Morgan fingerprint density at radius 3 is 2.56 bits per heavy atom. The summed E-state index contributed by atoms with van der Waals surface area (Å²) in [5.41, 5.74) is 0.235. The largest absolute Gasteiger partial charge is 0.375 e. The highest BCUT2D eigenvalue weighted by Gasteiger charge is 2.44. The molecule has 1 aliphatic carbocycles. The van der Waals surface area contributed by atoms with E-state index >= 15 is 0 Å². The van der Waals surface area contributed by atoms with Crippen molar-refractivity contribution in [2.75, 3.05) is 6.61 Å². The third-order valence-electron chi connectivity index (χ3n) is 3.92. The molecule has 92 valence electrons. The van der Waals surface area contributed by atoms with Gasteiger partial charge in [0, 0.05) is 18.9 Å². The second kappa shape index (κ2) is 4.14. The van der Waals surface area contributed by atoms with E-state index in [4.69, 9.17) is 4.74 Å². The van der Waals surface area contributed by atoms with Crippen molar-refractivity contribution in [2.24, 2.45) is 11.3 Å². The summed E-state index contributed by atoms with van der Waals surface area (Å²) in [6.07, 6.45) is 6.27. The lowest BCUT2D eigenvalue weighted by atomic mass is 9.70. The standard InChI is InChI=1S/C14H24O2/c1-13(2,3)10-12(15)11-5-8-16-14(9-11)6-4-7-14/h11H,4-10H2,1-3H3. The van der Waals surface area contributed by atoms with Crippen molar-refractivity contribution in [1.82, 2.24) is 0 Å². The molecule has 0 aromatic heterocycles. The fourth-order valence-electron chi connectivity index (χ4n) is 2.89. The number of ketones is 1. The Labute approximate surface area is 98.7 Å². The number of hydrogen-bond acceptors (Lipinski definition) is 2. The minimum Gasteiger partial charge on any atom is -0.375 e. The van der Waals surface area contributed by atoms with Gasteiger partial charge in [-0.25, -0.2) is 0 Å². The SMILES string of the molecule is CC(C)(C)CC(=O)C1CCOC2(CCC2)C1. The predicted molar refractivity (Wildman–Crippen MR) is 64.3 cm³/mol. The summed E-state index contributed by atoms with van der Waals surface area (Å²) in [7, 11) is 0. The number of hydrogen-bond donors (Lipinski definition) is 0. The Balaban J connectivity index is 1.91. The molecule has 2 aliphatic rings. The zero-order chi connectivity index (χ0) is 11.8. The van der Waals surface area contributed by atoms with Crippen molar-refractivity contribution in [3.05, 3.63) is 0 Å². The van der Waals surface area contributed by atoms with Gasteiger partial charge in [-0.05, 0) is 37.5 Å². The van der Waals surface area contributed by atoms with E-state index in [-0.39, 0.29) is 16.9 Å². The van der Waals surface area contributed by atoms with E-state index in [9.17, 15) is 4.79 Å². The van der Waals surface area contributed by atoms with Gasteiger partial charge in [0.1, 0.15) is 5.78 Å². The lowest BCUT2D eigenvalue weighted by molar-refractivity contribution is -0.156. The Kier molecular flexibility index (Phi) is 3.13. The van der Waals surface area contributed by atoms with Gasteiger partial charge >= 0.3 is 0 Å². The third-order valence-corrected chi connectivity index (χ3v) is 3.92. The minimum atomic E-state index is 0.108. The van der Waals surface area contributed by atoms with Crippen LogP contribution in [0.3, 0.4) is 0 Å². The van der Waals surface area contributed by atoms with Crippen molar-refractivity contribution in [3.63, 3.8) is 0 Å². The van der Waals surface area contributed by atoms with Crippen LogP contribution < -0.4 is 0 Å². The van der Waals surface area contributed by atoms with Crippen LogP contribution in [0.5, 0.6) is 0 Å². The molecule has 2 nitrogen and oxygen atoms in total. The maximum absolute atomic E-state index is 12.2. The number of rotatable bonds is 2. The molecule has 1 atom stereocenters. The van der Waals surface area contributed by atoms with Gasteiger partial charge in [-0.3, -0.25) is 4.79 Å². The van der Waals surface area contributed by atoms with Gasteiger partial charge in [0.25, 0.3) is 0 Å². The van der Waals surface area contributed by atoms with E-state index in [0.717, 1.165) is 19.4 Å². The van der Waals surface area contributed by atoms with Crippen molar-refractivity contribution in [3.8, 4) is 0 Å². The molecule has 2 rings (SSSR count). The monoisotopic (exact) mass is 224 g/mol. The van der Waals surface area contributed by atoms with Gasteiger partial charge in [-0.1, -0.05) is 20.8 Å². The maximum Gasteiger partial charge on any atom is 0.136 e. The molecule has 0 amide bonds. The van der Waals surface area contributed by atoms with E-state index < -0.39 is 0 Å². The smallest absolute Gasteiger partial charge is 0.136 e. The quantitative estimate of drug-likeness (QED) is 0.719. The van der Waals surface area contributed by atoms with Crippen molar-refractivity contribution in [2.45, 2.75) is 64.9 Å². The zero-order valence-electron chi connectivity index (χ0n) is 10.8. The van der Waals surface area contributed by atoms with E-state index in [1.165, 1.54) is 19.3 Å². The summed E-state index contributed by atoms with van der Waals surface area (Å²) in [5.74, 6) is 0.732. The molecule has 2 heteroatoms. The van der Waals surface area contributed by atoms with Crippen molar-refractivity contribution in [1.29, 1.82) is 0 Å². The molecule has 0 aromatic rings. The molecule has 16 heavy (non-hydrogen) atoms. The molecular weight excluding hydrogens is 200 g/mol. The van der Waals surface area contributed by atoms with Crippen LogP contribution in [0, 0.1) is 11.3 Å². The first-order valence-corrected chi connectivity index (χ1v) is 6.57. The lowest BCUT2D eigenvalue weighted by Gasteiger charge is -2.47. The second-order valence-corrected chi connectivity index (χ2v) is 6.78. The van der Waals surface area contributed by atoms with Gasteiger partial charge in [0.2, 0.25) is 0 Å². The summed E-state index contributed by atoms with van der Waals surface area (Å²) in [4.78, 5) is 12.2.